The molecule has 0 aliphatic heterocycles. The first-order chi connectivity index (χ1) is 12.8. The van der Waals surface area contributed by atoms with E-state index in [1.807, 2.05) is 30.5 Å². The number of hydrogen-bond donors (Lipinski definition) is 0. The monoisotopic (exact) mass is 457 g/mol. The third-order valence-corrected chi connectivity index (χ3v) is 6.62. The first-order valence-corrected chi connectivity index (χ1v) is 10.5. The van der Waals surface area contributed by atoms with Crippen molar-refractivity contribution in [3.63, 3.8) is 0 Å². The fourth-order valence-corrected chi connectivity index (χ4v) is 4.54. The number of Topliss-reactive ketones (excluding diaryl/α,β-unsaturated/α-hetero) is 1. The van der Waals surface area contributed by atoms with Crippen LogP contribution in [0.5, 0.6) is 0 Å². The van der Waals surface area contributed by atoms with Crippen LogP contribution in [0.2, 0.25) is 20.1 Å². The zero-order valence-corrected chi connectivity index (χ0v) is 18.4. The first kappa shape index (κ1) is 20.6. The number of benzene rings is 2. The minimum absolute atomic E-state index is 0.0236. The lowest BCUT2D eigenvalue weighted by atomic mass is 10.2. The molecule has 0 saturated heterocycles. The number of carbonyl (C=O) groups excluding carboxylic acids is 1. The summed E-state index contributed by atoms with van der Waals surface area (Å²) in [6, 6.07) is 12.5. The maximum Gasteiger partial charge on any atom is 0.174 e. The number of aryl methyl sites for hydroxylation is 1. The number of aromatic nitrogens is 1. The molecule has 0 N–H and O–H groups in total. The van der Waals surface area contributed by atoms with Gasteiger partial charge in [-0.3, -0.25) is 4.79 Å². The Kier molecular flexibility index (Phi) is 6.50. The molecule has 1 aromatic heterocycles. The lowest BCUT2D eigenvalue weighted by Crippen LogP contribution is -2.05. The standard InChI is InChI=1S/C20H15Cl4NOS/c1-11-7-15(12(2)25(11)14-4-6-16(22)18(24)9-14)19(26)10-27-20-8-13(21)3-5-17(20)23/h3-9H,10H2,1-2H3. The topological polar surface area (TPSA) is 22.0 Å². The summed E-state index contributed by atoms with van der Waals surface area (Å²) in [5.74, 6) is 0.293. The van der Waals surface area contributed by atoms with Gasteiger partial charge < -0.3 is 4.57 Å². The van der Waals surface area contributed by atoms with Gasteiger partial charge in [0.05, 0.1) is 20.8 Å². The van der Waals surface area contributed by atoms with Crippen molar-refractivity contribution < 1.29 is 4.79 Å². The van der Waals surface area contributed by atoms with E-state index in [-0.39, 0.29) is 11.5 Å². The lowest BCUT2D eigenvalue weighted by molar-refractivity contribution is 0.102. The number of ketones is 1. The largest absolute Gasteiger partial charge is 0.318 e. The van der Waals surface area contributed by atoms with Gasteiger partial charge in [0.1, 0.15) is 0 Å². The van der Waals surface area contributed by atoms with E-state index in [1.165, 1.54) is 11.8 Å². The van der Waals surface area contributed by atoms with Crippen LogP contribution in [0.15, 0.2) is 47.4 Å². The molecule has 3 aromatic rings. The highest BCUT2D eigenvalue weighted by Crippen LogP contribution is 2.32. The van der Waals surface area contributed by atoms with Crippen LogP contribution in [0.25, 0.3) is 5.69 Å². The molecule has 0 fully saturated rings. The molecule has 1 heterocycles. The van der Waals surface area contributed by atoms with Gasteiger partial charge in [0, 0.05) is 32.6 Å². The third kappa shape index (κ3) is 4.49. The van der Waals surface area contributed by atoms with Crippen molar-refractivity contribution in [3.8, 4) is 5.69 Å². The van der Waals surface area contributed by atoms with Gasteiger partial charge >= 0.3 is 0 Å². The Hall–Kier alpha value is -1.10. The number of rotatable bonds is 5. The van der Waals surface area contributed by atoms with E-state index in [9.17, 15) is 4.79 Å². The third-order valence-electron chi connectivity index (χ3n) is 4.14. The van der Waals surface area contributed by atoms with Crippen molar-refractivity contribution in [1.29, 1.82) is 0 Å². The molecular formula is C20H15Cl4NOS. The Balaban J connectivity index is 1.86. The highest BCUT2D eigenvalue weighted by atomic mass is 35.5. The zero-order valence-electron chi connectivity index (χ0n) is 14.5. The minimum atomic E-state index is 0.0236. The second-order valence-electron chi connectivity index (χ2n) is 6.01. The highest BCUT2D eigenvalue weighted by Gasteiger charge is 2.18. The summed E-state index contributed by atoms with van der Waals surface area (Å²) in [6.07, 6.45) is 0. The smallest absolute Gasteiger partial charge is 0.174 e. The van der Waals surface area contributed by atoms with Crippen LogP contribution in [-0.4, -0.2) is 16.1 Å². The van der Waals surface area contributed by atoms with Crippen molar-refractivity contribution in [2.24, 2.45) is 0 Å². The van der Waals surface area contributed by atoms with Crippen LogP contribution in [-0.2, 0) is 0 Å². The van der Waals surface area contributed by atoms with E-state index in [4.69, 9.17) is 46.4 Å². The van der Waals surface area contributed by atoms with Crippen LogP contribution in [0.1, 0.15) is 21.7 Å². The molecule has 0 aliphatic rings. The predicted octanol–water partition coefficient (Wildman–Crippen LogP) is 7.68. The van der Waals surface area contributed by atoms with Crippen LogP contribution in [0, 0.1) is 13.8 Å². The summed E-state index contributed by atoms with van der Waals surface area (Å²) < 4.78 is 1.99. The van der Waals surface area contributed by atoms with Crippen molar-refractivity contribution in [2.45, 2.75) is 18.7 Å². The summed E-state index contributed by atoms with van der Waals surface area (Å²) in [5, 5.41) is 2.14. The van der Waals surface area contributed by atoms with E-state index in [0.29, 0.717) is 25.7 Å². The van der Waals surface area contributed by atoms with Crippen molar-refractivity contribution in [2.75, 3.05) is 5.75 Å². The molecule has 27 heavy (non-hydrogen) atoms. The van der Waals surface area contributed by atoms with E-state index < -0.39 is 0 Å². The van der Waals surface area contributed by atoms with Gasteiger partial charge in [-0.05, 0) is 56.3 Å². The molecule has 0 unspecified atom stereocenters. The van der Waals surface area contributed by atoms with Gasteiger partial charge in [-0.15, -0.1) is 11.8 Å². The molecule has 0 radical (unpaired) electrons. The second-order valence-corrected chi connectivity index (χ2v) is 8.68. The molecule has 0 atom stereocenters. The fourth-order valence-electron chi connectivity index (χ4n) is 2.88. The average molecular weight is 459 g/mol. The van der Waals surface area contributed by atoms with Gasteiger partial charge in [0.25, 0.3) is 0 Å². The summed E-state index contributed by atoms with van der Waals surface area (Å²) in [5.41, 5.74) is 3.34. The van der Waals surface area contributed by atoms with Crippen LogP contribution < -0.4 is 0 Å². The van der Waals surface area contributed by atoms with Crippen molar-refractivity contribution >= 4 is 63.9 Å². The Morgan fingerprint density at radius 2 is 1.63 bits per heavy atom. The molecule has 0 spiro atoms. The van der Waals surface area contributed by atoms with Gasteiger partial charge in [0.15, 0.2) is 5.78 Å². The second kappa shape index (κ2) is 8.50. The molecule has 7 heteroatoms. The van der Waals surface area contributed by atoms with E-state index in [0.717, 1.165) is 22.0 Å². The Bertz CT molecular complexity index is 1030. The molecule has 0 amide bonds. The quantitative estimate of drug-likeness (QED) is 0.288. The number of hydrogen-bond acceptors (Lipinski definition) is 2. The number of thioether (sulfide) groups is 1. The van der Waals surface area contributed by atoms with Crippen LogP contribution in [0.4, 0.5) is 0 Å². The molecule has 3 rings (SSSR count). The Morgan fingerprint density at radius 1 is 0.926 bits per heavy atom. The Labute approximate surface area is 182 Å². The maximum absolute atomic E-state index is 12.8. The molecule has 2 nitrogen and oxygen atoms in total. The molecule has 2 aromatic carbocycles. The van der Waals surface area contributed by atoms with Gasteiger partial charge in [0.2, 0.25) is 0 Å². The normalized spacial score (nSPS) is 11.0. The molecule has 0 bridgehead atoms. The van der Waals surface area contributed by atoms with Gasteiger partial charge in [-0.2, -0.15) is 0 Å². The zero-order chi connectivity index (χ0) is 19.7. The number of nitrogens with zero attached hydrogens (tertiary/aromatic N) is 1. The lowest BCUT2D eigenvalue weighted by Gasteiger charge is -2.11. The molecule has 0 saturated carbocycles. The predicted molar refractivity (Wildman–Crippen MR) is 117 cm³/mol. The summed E-state index contributed by atoms with van der Waals surface area (Å²) >= 11 is 25.7. The molecular weight excluding hydrogens is 444 g/mol. The highest BCUT2D eigenvalue weighted by molar-refractivity contribution is 8.00. The summed E-state index contributed by atoms with van der Waals surface area (Å²) in [7, 11) is 0. The minimum Gasteiger partial charge on any atom is -0.318 e. The van der Waals surface area contributed by atoms with Crippen molar-refractivity contribution in [1.82, 2.24) is 4.57 Å². The SMILES string of the molecule is Cc1cc(C(=O)CSc2cc(Cl)ccc2Cl)c(C)n1-c1ccc(Cl)c(Cl)c1. The average Bonchev–Trinajstić information content (AvgIpc) is 2.92. The van der Waals surface area contributed by atoms with Gasteiger partial charge in [-0.1, -0.05) is 46.4 Å². The van der Waals surface area contributed by atoms with Crippen LogP contribution in [0.3, 0.4) is 0 Å². The number of carbonyl (C=O) groups is 1. The van der Waals surface area contributed by atoms with Crippen molar-refractivity contribution in [3.05, 3.63) is 79.5 Å². The van der Waals surface area contributed by atoms with E-state index in [2.05, 4.69) is 0 Å². The van der Waals surface area contributed by atoms with Crippen LogP contribution >= 0.6 is 58.2 Å². The Morgan fingerprint density at radius 3 is 2.33 bits per heavy atom. The van der Waals surface area contributed by atoms with E-state index in [1.54, 1.807) is 30.3 Å². The number of halogens is 4. The summed E-state index contributed by atoms with van der Waals surface area (Å²) in [4.78, 5) is 13.6. The maximum atomic E-state index is 12.8. The molecule has 0 aliphatic carbocycles. The summed E-state index contributed by atoms with van der Waals surface area (Å²) in [6.45, 7) is 3.87. The van der Waals surface area contributed by atoms with E-state index >= 15 is 0 Å². The molecule has 140 valence electrons. The van der Waals surface area contributed by atoms with Gasteiger partial charge in [-0.25, -0.2) is 0 Å². The fraction of sp³-hybridized carbons (Fsp3) is 0.150. The first-order valence-electron chi connectivity index (χ1n) is 8.03.